The molecule has 1 heterocycles. The maximum absolute atomic E-state index is 12.9. The van der Waals surface area contributed by atoms with Gasteiger partial charge in [0, 0.05) is 16.8 Å². The monoisotopic (exact) mass is 293 g/mol. The highest BCUT2D eigenvalue weighted by molar-refractivity contribution is 5.97. The third-order valence-electron chi connectivity index (χ3n) is 2.96. The van der Waals surface area contributed by atoms with E-state index in [4.69, 9.17) is 5.26 Å². The number of carbonyl (C=O) groups excluding carboxylic acids is 1. The number of aryl methyl sites for hydroxylation is 1. The molecule has 21 heavy (non-hydrogen) atoms. The van der Waals surface area contributed by atoms with Crippen molar-refractivity contribution in [3.63, 3.8) is 0 Å². The van der Waals surface area contributed by atoms with Gasteiger partial charge in [0.1, 0.15) is 5.69 Å². The number of aromatic amines is 1. The van der Waals surface area contributed by atoms with Crippen LogP contribution in [0.15, 0.2) is 24.3 Å². The van der Waals surface area contributed by atoms with Crippen LogP contribution in [0.3, 0.4) is 0 Å². The van der Waals surface area contributed by atoms with Gasteiger partial charge in [-0.2, -0.15) is 18.4 Å². The van der Waals surface area contributed by atoms with Gasteiger partial charge in [0.15, 0.2) is 0 Å². The fourth-order valence-corrected chi connectivity index (χ4v) is 2.15. The summed E-state index contributed by atoms with van der Waals surface area (Å²) in [5, 5.41) is 20.0. The van der Waals surface area contributed by atoms with Crippen LogP contribution in [0.4, 0.5) is 13.2 Å². The number of alkyl halides is 3. The fourth-order valence-electron chi connectivity index (χ4n) is 2.15. The topological polar surface area (TPSA) is 79.7 Å². The number of carbonyl (C=O) groups is 1. The average Bonchev–Trinajstić information content (AvgIpc) is 2.76. The standard InChI is InChI=1S/C14H9F3N2O2/c1-7-10(9-4-2-3-8(5-9)6-18)11(13(20)21)12(19-7)14(15,16)17/h2-5,19H,1H3,(H,20,21)/p-1. The molecule has 2 rings (SSSR count). The molecule has 4 nitrogen and oxygen atoms in total. The number of H-pyrrole nitrogens is 1. The van der Waals surface area contributed by atoms with E-state index in [2.05, 4.69) is 0 Å². The Bertz CT molecular complexity index is 755. The number of aromatic carboxylic acids is 1. The van der Waals surface area contributed by atoms with Gasteiger partial charge in [-0.15, -0.1) is 0 Å². The van der Waals surface area contributed by atoms with E-state index in [1.807, 2.05) is 11.1 Å². The number of nitrogens with one attached hydrogen (secondary N) is 1. The van der Waals surface area contributed by atoms with Crippen molar-refractivity contribution >= 4 is 5.97 Å². The summed E-state index contributed by atoms with van der Waals surface area (Å²) in [5.74, 6) is -1.93. The van der Waals surface area contributed by atoms with E-state index >= 15 is 0 Å². The molecule has 0 aliphatic carbocycles. The highest BCUT2D eigenvalue weighted by atomic mass is 19.4. The molecule has 0 fully saturated rings. The molecule has 108 valence electrons. The van der Waals surface area contributed by atoms with Crippen LogP contribution in [-0.2, 0) is 6.18 Å². The average molecular weight is 293 g/mol. The molecule has 0 amide bonds. The second kappa shape index (κ2) is 4.98. The number of carboxylic acid groups (broad SMARTS) is 1. The molecule has 0 radical (unpaired) electrons. The summed E-state index contributed by atoms with van der Waals surface area (Å²) in [6, 6.07) is 7.54. The number of aromatic nitrogens is 1. The van der Waals surface area contributed by atoms with Gasteiger partial charge >= 0.3 is 6.18 Å². The molecule has 7 heteroatoms. The minimum absolute atomic E-state index is 0.0385. The van der Waals surface area contributed by atoms with E-state index in [1.54, 1.807) is 0 Å². The van der Waals surface area contributed by atoms with E-state index in [1.165, 1.54) is 31.2 Å². The lowest BCUT2D eigenvalue weighted by Gasteiger charge is -2.11. The molecule has 2 aromatic rings. The number of hydrogen-bond donors (Lipinski definition) is 1. The number of halogens is 3. The Hall–Kier alpha value is -2.75. The summed E-state index contributed by atoms with van der Waals surface area (Å²) in [6.45, 7) is 1.33. The zero-order chi connectivity index (χ0) is 15.8. The largest absolute Gasteiger partial charge is 0.545 e. The Morgan fingerprint density at radius 3 is 2.57 bits per heavy atom. The Kier molecular flexibility index (Phi) is 3.47. The highest BCUT2D eigenvalue weighted by Gasteiger charge is 2.37. The Balaban J connectivity index is 2.77. The molecule has 0 atom stereocenters. The zero-order valence-corrected chi connectivity index (χ0v) is 10.7. The van der Waals surface area contributed by atoms with Crippen LogP contribution < -0.4 is 5.11 Å². The Labute approximate surface area is 117 Å². The lowest BCUT2D eigenvalue weighted by Crippen LogP contribution is -2.26. The summed E-state index contributed by atoms with van der Waals surface area (Å²) in [6.07, 6.45) is -4.84. The first-order valence-corrected chi connectivity index (χ1v) is 5.77. The normalized spacial score (nSPS) is 11.2. The van der Waals surface area contributed by atoms with E-state index in [0.29, 0.717) is 0 Å². The van der Waals surface area contributed by atoms with E-state index < -0.39 is 23.4 Å². The van der Waals surface area contributed by atoms with Crippen molar-refractivity contribution in [1.82, 2.24) is 4.98 Å². The first-order chi connectivity index (χ1) is 9.75. The summed E-state index contributed by atoms with van der Waals surface area (Å²) in [4.78, 5) is 13.2. The Morgan fingerprint density at radius 1 is 1.38 bits per heavy atom. The second-order valence-corrected chi connectivity index (χ2v) is 4.35. The third kappa shape index (κ3) is 2.60. The molecule has 0 aliphatic heterocycles. The molecule has 0 saturated heterocycles. The quantitative estimate of drug-likeness (QED) is 0.922. The molecule has 0 aliphatic rings. The van der Waals surface area contributed by atoms with E-state index in [9.17, 15) is 23.1 Å². The van der Waals surface area contributed by atoms with Crippen molar-refractivity contribution in [3.8, 4) is 17.2 Å². The van der Waals surface area contributed by atoms with Crippen LogP contribution in [-0.4, -0.2) is 11.0 Å². The van der Waals surface area contributed by atoms with E-state index in [-0.39, 0.29) is 22.4 Å². The van der Waals surface area contributed by atoms with Crippen LogP contribution in [0.25, 0.3) is 11.1 Å². The van der Waals surface area contributed by atoms with Crippen molar-refractivity contribution in [3.05, 3.63) is 46.8 Å². The first kappa shape index (κ1) is 14.7. The Morgan fingerprint density at radius 2 is 2.05 bits per heavy atom. The van der Waals surface area contributed by atoms with Crippen molar-refractivity contribution in [2.24, 2.45) is 0 Å². The SMILES string of the molecule is Cc1[nH]c(C(F)(F)F)c(C(=O)[O-])c1-c1cccc(C#N)c1. The summed E-state index contributed by atoms with van der Waals surface area (Å²) >= 11 is 0. The summed E-state index contributed by atoms with van der Waals surface area (Å²) < 4.78 is 38.7. The second-order valence-electron chi connectivity index (χ2n) is 4.35. The molecule has 0 bridgehead atoms. The fraction of sp³-hybridized carbons (Fsp3) is 0.143. The van der Waals surface area contributed by atoms with Gasteiger partial charge in [-0.25, -0.2) is 0 Å². The van der Waals surface area contributed by atoms with Crippen molar-refractivity contribution in [1.29, 1.82) is 5.26 Å². The number of nitriles is 1. The number of nitrogens with zero attached hydrogens (tertiary/aromatic N) is 1. The maximum Gasteiger partial charge on any atom is 0.431 e. The molecule has 0 saturated carbocycles. The van der Waals surface area contributed by atoms with Gasteiger partial charge in [0.05, 0.1) is 17.6 Å². The smallest absolute Gasteiger partial charge is 0.431 e. The summed E-state index contributed by atoms with van der Waals surface area (Å²) in [5.41, 5.74) is -1.98. The predicted octanol–water partition coefficient (Wildman–Crippen LogP) is 2.24. The first-order valence-electron chi connectivity index (χ1n) is 5.77. The molecule has 1 aromatic carbocycles. The van der Waals surface area contributed by atoms with Crippen molar-refractivity contribution in [2.45, 2.75) is 13.1 Å². The maximum atomic E-state index is 12.9. The van der Waals surface area contributed by atoms with Crippen molar-refractivity contribution in [2.75, 3.05) is 0 Å². The number of rotatable bonds is 2. The lowest BCUT2D eigenvalue weighted by atomic mass is 9.98. The van der Waals surface area contributed by atoms with Gasteiger partial charge in [-0.05, 0) is 24.6 Å². The van der Waals surface area contributed by atoms with Crippen LogP contribution in [0.1, 0.15) is 27.3 Å². The molecule has 1 N–H and O–H groups in total. The highest BCUT2D eigenvalue weighted by Crippen LogP contribution is 2.38. The molecular weight excluding hydrogens is 285 g/mol. The predicted molar refractivity (Wildman–Crippen MR) is 65.0 cm³/mol. The van der Waals surface area contributed by atoms with Gasteiger partial charge in [0.2, 0.25) is 0 Å². The van der Waals surface area contributed by atoms with Gasteiger partial charge in [0.25, 0.3) is 0 Å². The lowest BCUT2D eigenvalue weighted by molar-refractivity contribution is -0.255. The van der Waals surface area contributed by atoms with Gasteiger partial charge < -0.3 is 14.9 Å². The molecule has 0 spiro atoms. The van der Waals surface area contributed by atoms with E-state index in [0.717, 1.165) is 0 Å². The zero-order valence-electron chi connectivity index (χ0n) is 10.7. The number of benzene rings is 1. The molecule has 1 aromatic heterocycles. The number of hydrogen-bond acceptors (Lipinski definition) is 3. The van der Waals surface area contributed by atoms with Crippen LogP contribution in [0.2, 0.25) is 0 Å². The summed E-state index contributed by atoms with van der Waals surface area (Å²) in [7, 11) is 0. The third-order valence-corrected chi connectivity index (χ3v) is 2.96. The minimum atomic E-state index is -4.84. The van der Waals surface area contributed by atoms with Crippen LogP contribution >= 0.6 is 0 Å². The van der Waals surface area contributed by atoms with Crippen LogP contribution in [0.5, 0.6) is 0 Å². The van der Waals surface area contributed by atoms with Crippen LogP contribution in [0, 0.1) is 18.3 Å². The van der Waals surface area contributed by atoms with Gasteiger partial charge in [-0.1, -0.05) is 12.1 Å². The minimum Gasteiger partial charge on any atom is -0.545 e. The van der Waals surface area contributed by atoms with Crippen molar-refractivity contribution < 1.29 is 23.1 Å². The number of carboxylic acids is 1. The molecule has 0 unspecified atom stereocenters. The molecular formula is C14H8F3N2O2-. The van der Waals surface area contributed by atoms with Gasteiger partial charge in [-0.3, -0.25) is 0 Å².